The van der Waals surface area contributed by atoms with Gasteiger partial charge < -0.3 is 14.6 Å². The van der Waals surface area contributed by atoms with Crippen LogP contribution in [0.5, 0.6) is 0 Å². The number of hydrogen-bond acceptors (Lipinski definition) is 3. The highest BCUT2D eigenvalue weighted by Gasteiger charge is 2.38. The number of carbonyl (C=O) groups excluding carboxylic acids is 1. The number of fused-ring (bicyclic) bond motifs is 3. The average Bonchev–Trinajstić information content (AvgIpc) is 3.15. The molecule has 0 radical (unpaired) electrons. The summed E-state index contributed by atoms with van der Waals surface area (Å²) in [7, 11) is 0. The van der Waals surface area contributed by atoms with E-state index < -0.39 is 11.4 Å². The van der Waals surface area contributed by atoms with Crippen molar-refractivity contribution >= 4 is 22.9 Å². The van der Waals surface area contributed by atoms with Crippen molar-refractivity contribution in [2.75, 3.05) is 6.54 Å². The Morgan fingerprint density at radius 1 is 1.18 bits per heavy atom. The van der Waals surface area contributed by atoms with Crippen LogP contribution >= 0.6 is 0 Å². The van der Waals surface area contributed by atoms with E-state index in [4.69, 9.17) is 0 Å². The van der Waals surface area contributed by atoms with Crippen molar-refractivity contribution in [2.24, 2.45) is 11.3 Å². The van der Waals surface area contributed by atoms with Gasteiger partial charge in [-0.2, -0.15) is 0 Å². The molecule has 34 heavy (non-hydrogen) atoms. The van der Waals surface area contributed by atoms with Crippen LogP contribution in [0.3, 0.4) is 0 Å². The predicted octanol–water partition coefficient (Wildman–Crippen LogP) is 4.78. The van der Waals surface area contributed by atoms with Gasteiger partial charge in [0.05, 0.1) is 12.0 Å². The molecule has 1 saturated carbocycles. The van der Waals surface area contributed by atoms with Gasteiger partial charge in [0, 0.05) is 36.8 Å². The van der Waals surface area contributed by atoms with Crippen molar-refractivity contribution in [3.05, 3.63) is 65.2 Å². The van der Waals surface area contributed by atoms with E-state index in [0.717, 1.165) is 41.6 Å². The maximum Gasteiger partial charge on any atom is 0.309 e. The fraction of sp³-hybridized carbons (Fsp3) is 0.444. The topological polar surface area (TPSA) is 75.4 Å². The van der Waals surface area contributed by atoms with Crippen LogP contribution in [0.1, 0.15) is 55.8 Å². The fourth-order valence-electron chi connectivity index (χ4n) is 5.52. The first kappa shape index (κ1) is 22.6. The second-order valence-electron chi connectivity index (χ2n) is 10.1. The Balaban J connectivity index is 1.34. The van der Waals surface area contributed by atoms with Gasteiger partial charge in [0.15, 0.2) is 0 Å². The molecule has 6 nitrogen and oxygen atoms in total. The molecule has 0 unspecified atom stereocenters. The van der Waals surface area contributed by atoms with Crippen LogP contribution in [0.2, 0.25) is 0 Å². The van der Waals surface area contributed by atoms with Gasteiger partial charge >= 0.3 is 5.97 Å². The minimum atomic E-state index is -0.733. The van der Waals surface area contributed by atoms with Crippen LogP contribution in [0.25, 0.3) is 11.0 Å². The number of carbonyl (C=O) groups is 2. The van der Waals surface area contributed by atoms with Crippen molar-refractivity contribution in [3.63, 3.8) is 0 Å². The van der Waals surface area contributed by atoms with Gasteiger partial charge in [-0.15, -0.1) is 0 Å². The first-order chi connectivity index (χ1) is 16.3. The van der Waals surface area contributed by atoms with Gasteiger partial charge in [-0.25, -0.2) is 9.37 Å². The van der Waals surface area contributed by atoms with Crippen LogP contribution in [-0.4, -0.2) is 38.0 Å². The van der Waals surface area contributed by atoms with Gasteiger partial charge in [-0.3, -0.25) is 9.59 Å². The zero-order valence-corrected chi connectivity index (χ0v) is 19.5. The van der Waals surface area contributed by atoms with Crippen molar-refractivity contribution in [2.45, 2.75) is 58.5 Å². The molecule has 1 aromatic carbocycles. The molecule has 2 aromatic heterocycles. The second kappa shape index (κ2) is 8.85. The van der Waals surface area contributed by atoms with Crippen LogP contribution in [0, 0.1) is 17.2 Å². The maximum absolute atomic E-state index is 13.4. The van der Waals surface area contributed by atoms with Gasteiger partial charge in [-0.1, -0.05) is 12.1 Å². The standard InChI is InChI=1S/C27H30FN3O3/c1-27(26(33)34)11-8-18(9-12-27)15-24(32)30-14-10-21-22-3-2-13-29-25(22)31(23(21)17-30)16-19-4-6-20(28)7-5-19/h2-7,13,18H,8-12,14-17H2,1H3,(H,33,34). The summed E-state index contributed by atoms with van der Waals surface area (Å²) >= 11 is 0. The smallest absolute Gasteiger partial charge is 0.309 e. The molecule has 2 aliphatic rings. The molecule has 5 rings (SSSR count). The Morgan fingerprint density at radius 2 is 1.91 bits per heavy atom. The second-order valence-corrected chi connectivity index (χ2v) is 10.1. The van der Waals surface area contributed by atoms with Crippen molar-refractivity contribution in [1.82, 2.24) is 14.5 Å². The first-order valence-corrected chi connectivity index (χ1v) is 12.0. The Morgan fingerprint density at radius 3 is 2.62 bits per heavy atom. The lowest BCUT2D eigenvalue weighted by Gasteiger charge is -2.35. The van der Waals surface area contributed by atoms with E-state index in [2.05, 4.69) is 15.6 Å². The summed E-state index contributed by atoms with van der Waals surface area (Å²) in [5, 5.41) is 10.6. The lowest BCUT2D eigenvalue weighted by Crippen LogP contribution is -2.39. The number of aromatic nitrogens is 2. The van der Waals surface area contributed by atoms with E-state index in [1.165, 1.54) is 17.7 Å². The summed E-state index contributed by atoms with van der Waals surface area (Å²) in [6.45, 7) is 3.59. The lowest BCUT2D eigenvalue weighted by molar-refractivity contribution is -0.150. The summed E-state index contributed by atoms with van der Waals surface area (Å²) in [5.41, 5.74) is 3.56. The first-order valence-electron chi connectivity index (χ1n) is 12.0. The number of aliphatic carboxylic acids is 1. The van der Waals surface area contributed by atoms with E-state index in [-0.39, 0.29) is 17.6 Å². The summed E-state index contributed by atoms with van der Waals surface area (Å²) in [5.74, 6) is -0.609. The van der Waals surface area contributed by atoms with E-state index in [9.17, 15) is 19.1 Å². The molecule has 0 bridgehead atoms. The minimum Gasteiger partial charge on any atom is -0.481 e. The molecule has 178 valence electrons. The number of nitrogens with zero attached hydrogens (tertiary/aromatic N) is 3. The normalized spacial score (nSPS) is 22.5. The number of rotatable bonds is 5. The van der Waals surface area contributed by atoms with Crippen LogP contribution < -0.4 is 0 Å². The molecule has 0 atom stereocenters. The molecule has 3 heterocycles. The van der Waals surface area contributed by atoms with E-state index in [1.54, 1.807) is 18.3 Å². The molecule has 1 aliphatic carbocycles. The van der Waals surface area contributed by atoms with Crippen molar-refractivity contribution < 1.29 is 19.1 Å². The minimum absolute atomic E-state index is 0.140. The monoisotopic (exact) mass is 463 g/mol. The Labute approximate surface area is 198 Å². The number of pyridine rings is 1. The molecule has 1 N–H and O–H groups in total. The number of halogens is 1. The Bertz CT molecular complexity index is 1230. The summed E-state index contributed by atoms with van der Waals surface area (Å²) in [6.07, 6.45) is 5.85. The molecular formula is C27H30FN3O3. The zero-order chi connectivity index (χ0) is 23.9. The van der Waals surface area contributed by atoms with Crippen LogP contribution in [-0.2, 0) is 29.1 Å². The molecular weight excluding hydrogens is 433 g/mol. The quantitative estimate of drug-likeness (QED) is 0.591. The third-order valence-electron chi connectivity index (χ3n) is 7.81. The summed E-state index contributed by atoms with van der Waals surface area (Å²) in [6, 6.07) is 10.5. The summed E-state index contributed by atoms with van der Waals surface area (Å²) in [4.78, 5) is 31.3. The number of amides is 1. The van der Waals surface area contributed by atoms with E-state index in [0.29, 0.717) is 38.9 Å². The zero-order valence-electron chi connectivity index (χ0n) is 19.5. The lowest BCUT2D eigenvalue weighted by atomic mass is 9.71. The van der Waals surface area contributed by atoms with Gasteiger partial charge in [0.25, 0.3) is 0 Å². The third-order valence-corrected chi connectivity index (χ3v) is 7.81. The Hall–Kier alpha value is -3.22. The Kier molecular flexibility index (Phi) is 5.88. The van der Waals surface area contributed by atoms with Gasteiger partial charge in [0.1, 0.15) is 11.5 Å². The largest absolute Gasteiger partial charge is 0.481 e. The molecule has 1 fully saturated rings. The SMILES string of the molecule is CC1(C(=O)O)CCC(CC(=O)N2CCc3c(n(Cc4ccc(F)cc4)c4ncccc34)C2)CC1. The van der Waals surface area contributed by atoms with E-state index in [1.807, 2.05) is 17.9 Å². The number of benzene rings is 1. The van der Waals surface area contributed by atoms with E-state index >= 15 is 0 Å². The highest BCUT2D eigenvalue weighted by Crippen LogP contribution is 2.40. The molecule has 1 amide bonds. The molecule has 7 heteroatoms. The van der Waals surface area contributed by atoms with Crippen molar-refractivity contribution in [1.29, 1.82) is 0 Å². The average molecular weight is 464 g/mol. The molecule has 0 saturated heterocycles. The molecule has 0 spiro atoms. The summed E-state index contributed by atoms with van der Waals surface area (Å²) < 4.78 is 15.6. The maximum atomic E-state index is 13.4. The van der Waals surface area contributed by atoms with Crippen LogP contribution in [0.15, 0.2) is 42.6 Å². The molecule has 1 aliphatic heterocycles. The van der Waals surface area contributed by atoms with Crippen LogP contribution in [0.4, 0.5) is 4.39 Å². The number of carboxylic acid groups (broad SMARTS) is 1. The third kappa shape index (κ3) is 4.19. The number of hydrogen-bond donors (Lipinski definition) is 1. The van der Waals surface area contributed by atoms with Gasteiger partial charge in [-0.05, 0) is 80.3 Å². The highest BCUT2D eigenvalue weighted by atomic mass is 19.1. The number of carboxylic acids is 1. The van der Waals surface area contributed by atoms with Crippen molar-refractivity contribution in [3.8, 4) is 0 Å². The van der Waals surface area contributed by atoms with Gasteiger partial charge in [0.2, 0.25) is 5.91 Å². The fourth-order valence-corrected chi connectivity index (χ4v) is 5.52. The predicted molar refractivity (Wildman–Crippen MR) is 127 cm³/mol. The molecule has 3 aromatic rings. The highest BCUT2D eigenvalue weighted by molar-refractivity contribution is 5.84.